The predicted octanol–water partition coefficient (Wildman–Crippen LogP) is 2.16. The first kappa shape index (κ1) is 15.9. The lowest BCUT2D eigenvalue weighted by atomic mass is 9.78. The summed E-state index contributed by atoms with van der Waals surface area (Å²) < 4.78 is 0. The average molecular weight is 338 g/mol. The Bertz CT molecular complexity index is 802. The number of hydrogen-bond donors (Lipinski definition) is 1. The number of carbonyl (C=O) groups excluding carboxylic acids is 2. The molecule has 1 N–H and O–H groups in total. The van der Waals surface area contributed by atoms with E-state index in [1.54, 1.807) is 12.4 Å². The molecule has 2 aliphatic heterocycles. The van der Waals surface area contributed by atoms with Crippen LogP contribution >= 0.6 is 0 Å². The minimum Gasteiger partial charge on any atom is -0.345 e. The number of nitrogens with one attached hydrogen (secondary N) is 1. The van der Waals surface area contributed by atoms with E-state index >= 15 is 0 Å². The second-order valence-electron chi connectivity index (χ2n) is 7.11. The van der Waals surface area contributed by atoms with Gasteiger partial charge in [-0.05, 0) is 31.4 Å². The second kappa shape index (κ2) is 6.02. The van der Waals surface area contributed by atoms with Crippen LogP contribution in [0.2, 0.25) is 0 Å². The molecule has 6 nitrogen and oxygen atoms in total. The number of hydrogen-bond acceptors (Lipinski definition) is 3. The van der Waals surface area contributed by atoms with Gasteiger partial charge in [0, 0.05) is 50.2 Å². The largest absolute Gasteiger partial charge is 0.345 e. The maximum Gasteiger partial charge on any atom is 0.253 e. The van der Waals surface area contributed by atoms with Crippen LogP contribution in [0.1, 0.15) is 29.6 Å². The lowest BCUT2D eigenvalue weighted by Gasteiger charge is -2.37. The summed E-state index contributed by atoms with van der Waals surface area (Å²) in [6.45, 7) is 1.99. The molecular weight excluding hydrogens is 316 g/mol. The van der Waals surface area contributed by atoms with Crippen LogP contribution in [-0.4, -0.2) is 58.3 Å². The van der Waals surface area contributed by atoms with Gasteiger partial charge in [-0.3, -0.25) is 9.59 Å². The van der Waals surface area contributed by atoms with Crippen molar-refractivity contribution in [3.63, 3.8) is 0 Å². The van der Waals surface area contributed by atoms with Crippen LogP contribution in [0.25, 0.3) is 11.4 Å². The topological polar surface area (TPSA) is 69.3 Å². The summed E-state index contributed by atoms with van der Waals surface area (Å²) in [5.41, 5.74) is 1.15. The third kappa shape index (κ3) is 2.71. The van der Waals surface area contributed by atoms with E-state index in [-0.39, 0.29) is 17.2 Å². The molecule has 2 saturated heterocycles. The third-order valence-corrected chi connectivity index (χ3v) is 5.47. The Balaban J connectivity index is 1.54. The Hall–Kier alpha value is -2.63. The number of piperidine rings is 1. The van der Waals surface area contributed by atoms with Crippen LogP contribution in [0.5, 0.6) is 0 Å². The van der Waals surface area contributed by atoms with E-state index in [4.69, 9.17) is 0 Å². The van der Waals surface area contributed by atoms with Gasteiger partial charge in [0.2, 0.25) is 5.91 Å². The van der Waals surface area contributed by atoms with E-state index in [9.17, 15) is 9.59 Å². The molecule has 6 heteroatoms. The van der Waals surface area contributed by atoms with Crippen molar-refractivity contribution in [3.8, 4) is 11.4 Å². The molecule has 3 heterocycles. The normalized spacial score (nSPS) is 23.5. The van der Waals surface area contributed by atoms with Crippen molar-refractivity contribution < 1.29 is 9.59 Å². The summed E-state index contributed by atoms with van der Waals surface area (Å²) in [7, 11) is 1.86. The van der Waals surface area contributed by atoms with Crippen LogP contribution in [0.4, 0.5) is 0 Å². The lowest BCUT2D eigenvalue weighted by molar-refractivity contribution is -0.143. The maximum absolute atomic E-state index is 13.0. The van der Waals surface area contributed by atoms with Crippen molar-refractivity contribution in [2.75, 3.05) is 26.7 Å². The monoisotopic (exact) mass is 338 g/mol. The summed E-state index contributed by atoms with van der Waals surface area (Å²) in [6, 6.07) is 7.49. The Morgan fingerprint density at radius 3 is 2.96 bits per heavy atom. The highest BCUT2D eigenvalue weighted by molar-refractivity contribution is 5.96. The van der Waals surface area contributed by atoms with E-state index in [0.29, 0.717) is 18.7 Å². The molecule has 2 aromatic rings. The first-order valence-electron chi connectivity index (χ1n) is 8.74. The van der Waals surface area contributed by atoms with Gasteiger partial charge in [0.15, 0.2) is 0 Å². The lowest BCUT2D eigenvalue weighted by Crippen LogP contribution is -2.48. The highest BCUT2D eigenvalue weighted by Crippen LogP contribution is 2.40. The van der Waals surface area contributed by atoms with E-state index in [1.165, 1.54) is 0 Å². The van der Waals surface area contributed by atoms with Gasteiger partial charge >= 0.3 is 0 Å². The van der Waals surface area contributed by atoms with Crippen molar-refractivity contribution in [1.29, 1.82) is 0 Å². The summed E-state index contributed by atoms with van der Waals surface area (Å²) >= 11 is 0. The van der Waals surface area contributed by atoms with Crippen LogP contribution in [0.3, 0.4) is 0 Å². The predicted molar refractivity (Wildman–Crippen MR) is 93.8 cm³/mol. The number of H-pyrrole nitrogens is 1. The van der Waals surface area contributed by atoms with E-state index in [0.717, 1.165) is 37.2 Å². The molecule has 4 rings (SSSR count). The Labute approximate surface area is 146 Å². The highest BCUT2D eigenvalue weighted by Gasteiger charge is 2.48. The van der Waals surface area contributed by atoms with Gasteiger partial charge in [0.05, 0.1) is 5.41 Å². The van der Waals surface area contributed by atoms with Crippen molar-refractivity contribution in [2.24, 2.45) is 5.41 Å². The standard InChI is InChI=1S/C19H22N4O2/c1-22-10-3-6-19(18(22)25)7-11-23(13-19)17(24)15-5-2-4-14(12-15)16-20-8-9-21-16/h2,4-5,8-9,12H,3,6-7,10-11,13H2,1H3,(H,20,21)/t19-/m0/s1. The molecule has 2 fully saturated rings. The van der Waals surface area contributed by atoms with Gasteiger partial charge in [-0.15, -0.1) is 0 Å². The fourth-order valence-corrected chi connectivity index (χ4v) is 4.10. The number of nitrogens with zero attached hydrogens (tertiary/aromatic N) is 3. The van der Waals surface area contributed by atoms with Gasteiger partial charge in [0.1, 0.15) is 5.82 Å². The van der Waals surface area contributed by atoms with Crippen LogP contribution < -0.4 is 0 Å². The highest BCUT2D eigenvalue weighted by atomic mass is 16.2. The second-order valence-corrected chi connectivity index (χ2v) is 7.11. The van der Waals surface area contributed by atoms with Crippen molar-refractivity contribution in [2.45, 2.75) is 19.3 Å². The van der Waals surface area contributed by atoms with Crippen LogP contribution in [0.15, 0.2) is 36.7 Å². The average Bonchev–Trinajstić information content (AvgIpc) is 3.30. The zero-order valence-electron chi connectivity index (χ0n) is 14.4. The molecule has 0 radical (unpaired) electrons. The molecule has 25 heavy (non-hydrogen) atoms. The molecule has 1 spiro atoms. The molecule has 0 bridgehead atoms. The molecule has 0 saturated carbocycles. The number of carbonyl (C=O) groups is 2. The van der Waals surface area contributed by atoms with Gasteiger partial charge in [0.25, 0.3) is 5.91 Å². The first-order chi connectivity index (χ1) is 12.1. The molecule has 0 unspecified atom stereocenters. The third-order valence-electron chi connectivity index (χ3n) is 5.47. The number of likely N-dealkylation sites (tertiary alicyclic amines) is 2. The first-order valence-corrected chi connectivity index (χ1v) is 8.74. The molecular formula is C19H22N4O2. The van der Waals surface area contributed by atoms with Gasteiger partial charge < -0.3 is 14.8 Å². The van der Waals surface area contributed by atoms with Crippen molar-refractivity contribution >= 4 is 11.8 Å². The zero-order valence-corrected chi connectivity index (χ0v) is 14.4. The minimum absolute atomic E-state index is 0.00805. The number of imidazole rings is 1. The zero-order chi connectivity index (χ0) is 17.4. The summed E-state index contributed by atoms with van der Waals surface area (Å²) in [5, 5.41) is 0. The Kier molecular flexibility index (Phi) is 3.82. The quantitative estimate of drug-likeness (QED) is 0.912. The number of amides is 2. The van der Waals surface area contributed by atoms with E-state index < -0.39 is 0 Å². The molecule has 2 aliphatic rings. The molecule has 2 amide bonds. The van der Waals surface area contributed by atoms with Crippen LogP contribution in [0, 0.1) is 5.41 Å². The minimum atomic E-state index is -0.374. The SMILES string of the molecule is CN1CCC[C@@]2(CCN(C(=O)c3cccc(-c4ncc[nH]4)c3)C2)C1=O. The van der Waals surface area contributed by atoms with Crippen LogP contribution in [-0.2, 0) is 4.79 Å². The van der Waals surface area contributed by atoms with Crippen molar-refractivity contribution in [1.82, 2.24) is 19.8 Å². The molecule has 130 valence electrons. The smallest absolute Gasteiger partial charge is 0.253 e. The number of aromatic amines is 1. The van der Waals surface area contributed by atoms with E-state index in [2.05, 4.69) is 9.97 Å². The number of aromatic nitrogens is 2. The summed E-state index contributed by atoms with van der Waals surface area (Å²) in [5.74, 6) is 0.932. The Morgan fingerprint density at radius 2 is 2.16 bits per heavy atom. The molecule has 1 atom stereocenters. The summed E-state index contributed by atoms with van der Waals surface area (Å²) in [6.07, 6.45) is 6.11. The fraction of sp³-hybridized carbons (Fsp3) is 0.421. The van der Waals surface area contributed by atoms with Gasteiger partial charge in [-0.25, -0.2) is 4.98 Å². The van der Waals surface area contributed by atoms with Gasteiger partial charge in [-0.1, -0.05) is 12.1 Å². The summed E-state index contributed by atoms with van der Waals surface area (Å²) in [4.78, 5) is 36.5. The van der Waals surface area contributed by atoms with E-state index in [1.807, 2.05) is 41.1 Å². The number of rotatable bonds is 2. The van der Waals surface area contributed by atoms with Crippen molar-refractivity contribution in [3.05, 3.63) is 42.2 Å². The Morgan fingerprint density at radius 1 is 1.28 bits per heavy atom. The molecule has 1 aromatic carbocycles. The molecule has 0 aliphatic carbocycles. The van der Waals surface area contributed by atoms with Gasteiger partial charge in [-0.2, -0.15) is 0 Å². The maximum atomic E-state index is 13.0. The molecule has 1 aromatic heterocycles. The number of benzene rings is 1. The fourth-order valence-electron chi connectivity index (χ4n) is 4.10.